The van der Waals surface area contributed by atoms with Crippen LogP contribution in [0, 0.1) is 0 Å². The van der Waals surface area contributed by atoms with Crippen LogP contribution in [-0.4, -0.2) is 97.4 Å². The predicted molar refractivity (Wildman–Crippen MR) is 120 cm³/mol. The van der Waals surface area contributed by atoms with Crippen molar-refractivity contribution in [2.45, 2.75) is 4.90 Å². The third-order valence-electron chi connectivity index (χ3n) is 4.04. The smallest absolute Gasteiger partial charge is 0.337 e. The number of carboxylic acids is 1. The van der Waals surface area contributed by atoms with E-state index in [1.807, 2.05) is 0 Å². The summed E-state index contributed by atoms with van der Waals surface area (Å²) >= 11 is -2.26. The molecule has 1 unspecified atom stereocenters. The number of hydrogen-bond acceptors (Lipinski definition) is 12. The molecule has 0 saturated heterocycles. The summed E-state index contributed by atoms with van der Waals surface area (Å²) < 4.78 is 53.8. The van der Waals surface area contributed by atoms with Gasteiger partial charge in [0, 0.05) is 26.2 Å². The molecule has 1 atom stereocenters. The van der Waals surface area contributed by atoms with Crippen molar-refractivity contribution in [3.05, 3.63) is 23.8 Å². The van der Waals surface area contributed by atoms with Crippen LogP contribution in [0.15, 0.2) is 23.1 Å². The zero-order valence-corrected chi connectivity index (χ0v) is 19.1. The zero-order chi connectivity index (χ0) is 25.3. The van der Waals surface area contributed by atoms with E-state index in [1.165, 1.54) is 4.90 Å². The lowest BCUT2D eigenvalue weighted by Crippen LogP contribution is -2.36. The van der Waals surface area contributed by atoms with Gasteiger partial charge < -0.3 is 30.9 Å². The molecule has 2 aromatic rings. The molecule has 1 aromatic heterocycles. The second-order valence-corrected chi connectivity index (χ2v) is 8.61. The van der Waals surface area contributed by atoms with Crippen LogP contribution >= 0.6 is 0 Å². The van der Waals surface area contributed by atoms with Crippen LogP contribution in [-0.2, 0) is 21.4 Å². The fourth-order valence-corrected chi connectivity index (χ4v) is 3.37. The first kappa shape index (κ1) is 27.2. The molecule has 0 amide bonds. The maximum absolute atomic E-state index is 11.6. The Labute approximate surface area is 196 Å². The standard InChI is InChI=1S/C16H23N7O9S2/c24-7-4-17-14-20-15(22-16(21-14)23(6-8-25)5-3-18-33(28)29)19-12-2-1-10(34(30,31)32)9-11(12)13(26)27/h1-2,9,18,24-25H,3-8H2,(H,26,27)(H,28,29)(H,30,31,32)(H2,17,19,20,21,22). The maximum Gasteiger partial charge on any atom is 0.337 e. The topological polar surface area (TPSA) is 247 Å². The molecule has 188 valence electrons. The quantitative estimate of drug-likeness (QED) is 0.104. The molecule has 34 heavy (non-hydrogen) atoms. The molecule has 1 heterocycles. The van der Waals surface area contributed by atoms with E-state index in [9.17, 15) is 32.2 Å². The van der Waals surface area contributed by atoms with E-state index in [4.69, 9.17) is 9.66 Å². The van der Waals surface area contributed by atoms with Gasteiger partial charge in [0.2, 0.25) is 29.1 Å². The summed E-state index contributed by atoms with van der Waals surface area (Å²) in [6.07, 6.45) is 0. The van der Waals surface area contributed by atoms with Crippen LogP contribution < -0.4 is 20.3 Å². The van der Waals surface area contributed by atoms with Gasteiger partial charge in [-0.05, 0) is 18.2 Å². The number of aliphatic hydroxyl groups is 2. The monoisotopic (exact) mass is 521 g/mol. The lowest BCUT2D eigenvalue weighted by atomic mass is 10.2. The molecule has 0 spiro atoms. The van der Waals surface area contributed by atoms with Gasteiger partial charge in [-0.1, -0.05) is 0 Å². The van der Waals surface area contributed by atoms with E-state index < -0.39 is 37.8 Å². The van der Waals surface area contributed by atoms with Crippen molar-refractivity contribution >= 4 is 50.9 Å². The van der Waals surface area contributed by atoms with Gasteiger partial charge in [0.05, 0.1) is 29.4 Å². The first-order valence-corrected chi connectivity index (χ1v) is 12.0. The van der Waals surface area contributed by atoms with E-state index in [2.05, 4.69) is 30.3 Å². The highest BCUT2D eigenvalue weighted by atomic mass is 32.2. The first-order chi connectivity index (χ1) is 16.0. The van der Waals surface area contributed by atoms with E-state index in [0.717, 1.165) is 18.2 Å². The summed E-state index contributed by atoms with van der Waals surface area (Å²) in [7, 11) is -4.65. The molecule has 16 nitrogen and oxygen atoms in total. The van der Waals surface area contributed by atoms with Gasteiger partial charge in [-0.15, -0.1) is 0 Å². The Bertz CT molecular complexity index is 1130. The lowest BCUT2D eigenvalue weighted by molar-refractivity contribution is 0.0697. The third kappa shape index (κ3) is 8.09. The van der Waals surface area contributed by atoms with Crippen LogP contribution in [0.5, 0.6) is 0 Å². The average Bonchev–Trinajstić information content (AvgIpc) is 2.76. The predicted octanol–water partition coefficient (Wildman–Crippen LogP) is -1.51. The average molecular weight is 522 g/mol. The number of rotatable bonds is 14. The van der Waals surface area contributed by atoms with Gasteiger partial charge >= 0.3 is 5.97 Å². The van der Waals surface area contributed by atoms with E-state index in [-0.39, 0.29) is 62.9 Å². The second-order valence-electron chi connectivity index (χ2n) is 6.40. The number of hydrogen-bond donors (Lipinski definition) is 8. The number of nitrogens with zero attached hydrogens (tertiary/aromatic N) is 4. The summed E-state index contributed by atoms with van der Waals surface area (Å²) in [6.45, 7) is -0.340. The van der Waals surface area contributed by atoms with E-state index in [0.29, 0.717) is 0 Å². The lowest BCUT2D eigenvalue weighted by Gasteiger charge is -2.22. The molecule has 8 N–H and O–H groups in total. The number of aromatic carboxylic acids is 1. The summed E-state index contributed by atoms with van der Waals surface area (Å²) in [5.41, 5.74) is -0.597. The van der Waals surface area contributed by atoms with Crippen LogP contribution in [0.3, 0.4) is 0 Å². The van der Waals surface area contributed by atoms with Crippen molar-refractivity contribution in [2.75, 3.05) is 54.9 Å². The second kappa shape index (κ2) is 12.5. The van der Waals surface area contributed by atoms with Gasteiger partial charge in [-0.2, -0.15) is 23.4 Å². The van der Waals surface area contributed by atoms with Crippen molar-refractivity contribution in [2.24, 2.45) is 0 Å². The number of aromatic nitrogens is 3. The normalized spacial score (nSPS) is 12.2. The molecule has 2 rings (SSSR count). The Hall–Kier alpha value is -3.00. The Morgan fingerprint density at radius 3 is 2.35 bits per heavy atom. The SMILES string of the molecule is O=C(O)c1cc(S(=O)(=O)O)ccc1Nc1nc(NCCO)nc(N(CCO)CCNS(=O)O)n1. The zero-order valence-electron chi connectivity index (χ0n) is 17.4. The van der Waals surface area contributed by atoms with E-state index >= 15 is 0 Å². The largest absolute Gasteiger partial charge is 0.478 e. The molecule has 0 bridgehead atoms. The molecule has 0 aliphatic heterocycles. The minimum Gasteiger partial charge on any atom is -0.478 e. The fraction of sp³-hybridized carbons (Fsp3) is 0.375. The van der Waals surface area contributed by atoms with Gasteiger partial charge in [-0.25, -0.2) is 13.7 Å². The maximum atomic E-state index is 11.6. The highest BCUT2D eigenvalue weighted by Gasteiger charge is 2.19. The Morgan fingerprint density at radius 1 is 1.06 bits per heavy atom. The van der Waals surface area contributed by atoms with E-state index in [1.54, 1.807) is 0 Å². The number of carbonyl (C=O) groups is 1. The summed E-state index contributed by atoms with van der Waals surface area (Å²) in [4.78, 5) is 24.9. The molecule has 0 fully saturated rings. The van der Waals surface area contributed by atoms with Gasteiger partial charge in [0.15, 0.2) is 0 Å². The minimum absolute atomic E-state index is 0.00365. The van der Waals surface area contributed by atoms with Crippen molar-refractivity contribution in [1.82, 2.24) is 19.7 Å². The first-order valence-electron chi connectivity index (χ1n) is 9.48. The molecule has 18 heteroatoms. The van der Waals surface area contributed by atoms with Crippen LogP contribution in [0.2, 0.25) is 0 Å². The van der Waals surface area contributed by atoms with Gasteiger partial charge in [0.25, 0.3) is 10.1 Å². The summed E-state index contributed by atoms with van der Waals surface area (Å²) in [6, 6.07) is 2.84. The number of carboxylic acid groups (broad SMARTS) is 1. The molecule has 0 radical (unpaired) electrons. The minimum atomic E-state index is -4.65. The number of benzene rings is 1. The Balaban J connectivity index is 2.46. The molecule has 0 aliphatic carbocycles. The third-order valence-corrected chi connectivity index (χ3v) is 5.35. The number of nitrogens with one attached hydrogen (secondary N) is 3. The Morgan fingerprint density at radius 2 is 1.76 bits per heavy atom. The summed E-state index contributed by atoms with van der Waals surface area (Å²) in [5.74, 6) is -1.68. The van der Waals surface area contributed by atoms with Crippen LogP contribution in [0.1, 0.15) is 10.4 Å². The molecule has 1 aromatic carbocycles. The van der Waals surface area contributed by atoms with Crippen molar-refractivity contribution in [3.63, 3.8) is 0 Å². The highest BCUT2D eigenvalue weighted by Crippen LogP contribution is 2.24. The molecule has 0 aliphatic rings. The number of aliphatic hydroxyl groups excluding tert-OH is 2. The summed E-state index contributed by atoms with van der Waals surface area (Å²) in [5, 5.41) is 33.3. The highest BCUT2D eigenvalue weighted by molar-refractivity contribution is 7.85. The van der Waals surface area contributed by atoms with Gasteiger partial charge in [-0.3, -0.25) is 9.11 Å². The van der Waals surface area contributed by atoms with Crippen molar-refractivity contribution in [1.29, 1.82) is 0 Å². The molecular weight excluding hydrogens is 498 g/mol. The van der Waals surface area contributed by atoms with Crippen molar-refractivity contribution in [3.8, 4) is 0 Å². The van der Waals surface area contributed by atoms with Crippen molar-refractivity contribution < 1.29 is 41.8 Å². The van der Waals surface area contributed by atoms with Gasteiger partial charge in [0.1, 0.15) is 0 Å². The number of anilines is 4. The molecule has 0 saturated carbocycles. The molecular formula is C16H23N7O9S2. The Kier molecular flexibility index (Phi) is 9.98. The van der Waals surface area contributed by atoms with Crippen LogP contribution in [0.25, 0.3) is 0 Å². The fourth-order valence-electron chi connectivity index (χ4n) is 2.60. The van der Waals surface area contributed by atoms with Crippen LogP contribution in [0.4, 0.5) is 23.5 Å².